The van der Waals surface area contributed by atoms with Gasteiger partial charge in [0.15, 0.2) is 9.84 Å². The second-order valence-corrected chi connectivity index (χ2v) is 7.42. The van der Waals surface area contributed by atoms with Gasteiger partial charge in [0, 0.05) is 32.4 Å². The molecule has 0 saturated carbocycles. The number of rotatable bonds is 4. The Morgan fingerprint density at radius 3 is 2.14 bits per heavy atom. The number of benzene rings is 1. The fourth-order valence-electron chi connectivity index (χ4n) is 2.45. The Kier molecular flexibility index (Phi) is 5.00. The number of carbonyl (C=O) groups is 1. The predicted octanol–water partition coefficient (Wildman–Crippen LogP) is 0.797. The molecule has 1 aromatic rings. The zero-order valence-electron chi connectivity index (χ0n) is 12.6. The van der Waals surface area contributed by atoms with E-state index in [9.17, 15) is 13.2 Å². The van der Waals surface area contributed by atoms with Gasteiger partial charge in [-0.25, -0.2) is 8.42 Å². The molecule has 0 atom stereocenters. The molecule has 1 heterocycles. The van der Waals surface area contributed by atoms with E-state index in [0.29, 0.717) is 6.42 Å². The summed E-state index contributed by atoms with van der Waals surface area (Å²) in [6, 6.07) is 6.56. The van der Waals surface area contributed by atoms with Crippen molar-refractivity contribution < 1.29 is 13.2 Å². The molecular formula is C15H22N2O3S. The van der Waals surface area contributed by atoms with Crippen LogP contribution in [0.15, 0.2) is 29.2 Å². The van der Waals surface area contributed by atoms with Crippen LogP contribution in [0.3, 0.4) is 0 Å². The lowest BCUT2D eigenvalue weighted by molar-refractivity contribution is -0.132. The maximum atomic E-state index is 12.2. The van der Waals surface area contributed by atoms with Crippen LogP contribution >= 0.6 is 0 Å². The van der Waals surface area contributed by atoms with E-state index in [1.165, 1.54) is 6.26 Å². The lowest BCUT2D eigenvalue weighted by Gasteiger charge is -2.34. The molecule has 1 fully saturated rings. The molecule has 0 radical (unpaired) electrons. The highest BCUT2D eigenvalue weighted by atomic mass is 32.2. The van der Waals surface area contributed by atoms with E-state index in [-0.39, 0.29) is 10.8 Å². The van der Waals surface area contributed by atoms with Crippen molar-refractivity contribution in [2.75, 3.05) is 39.0 Å². The number of nitrogens with zero attached hydrogens (tertiary/aromatic N) is 2. The molecule has 1 amide bonds. The number of piperazine rings is 1. The molecule has 0 aliphatic carbocycles. The summed E-state index contributed by atoms with van der Waals surface area (Å²) in [4.78, 5) is 16.7. The Morgan fingerprint density at radius 1 is 1.10 bits per heavy atom. The quantitative estimate of drug-likeness (QED) is 0.825. The summed E-state index contributed by atoms with van der Waals surface area (Å²) in [6.45, 7) is 6.54. The van der Waals surface area contributed by atoms with Gasteiger partial charge in [-0.15, -0.1) is 0 Å². The van der Waals surface area contributed by atoms with Crippen LogP contribution in [0, 0.1) is 0 Å². The van der Waals surface area contributed by atoms with Crippen LogP contribution in [0.5, 0.6) is 0 Å². The second kappa shape index (κ2) is 6.58. The molecule has 0 N–H and O–H groups in total. The monoisotopic (exact) mass is 310 g/mol. The minimum Gasteiger partial charge on any atom is -0.340 e. The highest BCUT2D eigenvalue weighted by molar-refractivity contribution is 7.90. The van der Waals surface area contributed by atoms with Crippen LogP contribution in [-0.2, 0) is 21.1 Å². The van der Waals surface area contributed by atoms with Gasteiger partial charge in [-0.05, 0) is 24.2 Å². The van der Waals surface area contributed by atoms with Crippen molar-refractivity contribution in [3.05, 3.63) is 29.8 Å². The van der Waals surface area contributed by atoms with Gasteiger partial charge in [-0.2, -0.15) is 0 Å². The zero-order valence-corrected chi connectivity index (χ0v) is 13.4. The Hall–Kier alpha value is -1.40. The summed E-state index contributed by atoms with van der Waals surface area (Å²) in [5.41, 5.74) is 0.852. The Bertz CT molecular complexity index is 588. The molecule has 1 aliphatic rings. The maximum absolute atomic E-state index is 12.2. The van der Waals surface area contributed by atoms with Crippen molar-refractivity contribution in [1.82, 2.24) is 9.80 Å². The minimum absolute atomic E-state index is 0.109. The molecular weight excluding hydrogens is 288 g/mol. The van der Waals surface area contributed by atoms with Gasteiger partial charge >= 0.3 is 0 Å². The van der Waals surface area contributed by atoms with Crippen LogP contribution in [0.1, 0.15) is 12.5 Å². The topological polar surface area (TPSA) is 57.7 Å². The highest BCUT2D eigenvalue weighted by Crippen LogP contribution is 2.12. The van der Waals surface area contributed by atoms with Crippen molar-refractivity contribution in [1.29, 1.82) is 0 Å². The van der Waals surface area contributed by atoms with Gasteiger partial charge < -0.3 is 9.80 Å². The number of hydrogen-bond donors (Lipinski definition) is 0. The molecule has 5 nitrogen and oxygen atoms in total. The summed E-state index contributed by atoms with van der Waals surface area (Å²) in [7, 11) is -3.18. The maximum Gasteiger partial charge on any atom is 0.227 e. The van der Waals surface area contributed by atoms with Crippen molar-refractivity contribution in [2.24, 2.45) is 0 Å². The SMILES string of the molecule is CCN1CCN(C(=O)Cc2ccc(S(C)(=O)=O)cc2)CC1. The van der Waals surface area contributed by atoms with E-state index in [2.05, 4.69) is 11.8 Å². The van der Waals surface area contributed by atoms with Crippen molar-refractivity contribution >= 4 is 15.7 Å². The Balaban J connectivity index is 1.94. The Morgan fingerprint density at radius 2 is 1.67 bits per heavy atom. The summed E-state index contributed by atoms with van der Waals surface area (Å²) in [6.07, 6.45) is 1.51. The van der Waals surface area contributed by atoms with Gasteiger partial charge in [0.25, 0.3) is 0 Å². The number of hydrogen-bond acceptors (Lipinski definition) is 4. The lowest BCUT2D eigenvalue weighted by atomic mass is 10.1. The normalized spacial score (nSPS) is 17.0. The van der Waals surface area contributed by atoms with Crippen LogP contribution in [0.4, 0.5) is 0 Å². The van der Waals surface area contributed by atoms with Gasteiger partial charge in [-0.3, -0.25) is 4.79 Å². The summed E-state index contributed by atoms with van der Waals surface area (Å²) >= 11 is 0. The van der Waals surface area contributed by atoms with E-state index in [1.54, 1.807) is 24.3 Å². The smallest absolute Gasteiger partial charge is 0.227 e. The third-order valence-corrected chi connectivity index (χ3v) is 5.01. The molecule has 0 aromatic heterocycles. The first-order valence-corrected chi connectivity index (χ1v) is 9.08. The second-order valence-electron chi connectivity index (χ2n) is 5.41. The van der Waals surface area contributed by atoms with Crippen molar-refractivity contribution in [3.8, 4) is 0 Å². The van der Waals surface area contributed by atoms with Crippen molar-refractivity contribution in [3.63, 3.8) is 0 Å². The third kappa shape index (κ3) is 4.28. The van der Waals surface area contributed by atoms with Gasteiger partial charge in [-0.1, -0.05) is 19.1 Å². The molecule has 0 unspecified atom stereocenters. The molecule has 2 rings (SSSR count). The van der Waals surface area contributed by atoms with Gasteiger partial charge in [0.2, 0.25) is 5.91 Å². The van der Waals surface area contributed by atoms with Crippen LogP contribution in [0.2, 0.25) is 0 Å². The molecule has 1 saturated heterocycles. The fraction of sp³-hybridized carbons (Fsp3) is 0.533. The zero-order chi connectivity index (χ0) is 15.5. The van der Waals surface area contributed by atoms with Crippen molar-refractivity contribution in [2.45, 2.75) is 18.2 Å². The first kappa shape index (κ1) is 16.0. The first-order valence-electron chi connectivity index (χ1n) is 7.19. The van der Waals surface area contributed by atoms with E-state index in [0.717, 1.165) is 38.3 Å². The largest absolute Gasteiger partial charge is 0.340 e. The minimum atomic E-state index is -3.18. The lowest BCUT2D eigenvalue weighted by Crippen LogP contribution is -2.48. The molecule has 0 bridgehead atoms. The van der Waals surface area contributed by atoms with Gasteiger partial charge in [0.1, 0.15) is 0 Å². The summed E-state index contributed by atoms with van der Waals surface area (Å²) in [5, 5.41) is 0. The number of amides is 1. The molecule has 116 valence electrons. The highest BCUT2D eigenvalue weighted by Gasteiger charge is 2.20. The van der Waals surface area contributed by atoms with Gasteiger partial charge in [0.05, 0.1) is 11.3 Å². The molecule has 6 heteroatoms. The van der Waals surface area contributed by atoms with Crippen LogP contribution in [0.25, 0.3) is 0 Å². The average molecular weight is 310 g/mol. The first-order chi connectivity index (χ1) is 9.90. The predicted molar refractivity (Wildman–Crippen MR) is 81.9 cm³/mol. The fourth-order valence-corrected chi connectivity index (χ4v) is 3.08. The summed E-state index contributed by atoms with van der Waals surface area (Å²) in [5.74, 6) is 0.109. The third-order valence-electron chi connectivity index (χ3n) is 3.88. The van der Waals surface area contributed by atoms with Crippen LogP contribution in [-0.4, -0.2) is 63.1 Å². The average Bonchev–Trinajstić information content (AvgIpc) is 2.47. The molecule has 0 spiro atoms. The summed E-state index contributed by atoms with van der Waals surface area (Å²) < 4.78 is 22.8. The molecule has 1 aliphatic heterocycles. The number of carbonyl (C=O) groups excluding carboxylic acids is 1. The van der Waals surface area contributed by atoms with Crippen LogP contribution < -0.4 is 0 Å². The molecule has 1 aromatic carbocycles. The standard InChI is InChI=1S/C15H22N2O3S/c1-3-16-8-10-17(11-9-16)15(18)12-13-4-6-14(7-5-13)21(2,19)20/h4-7H,3,8-12H2,1-2H3. The Labute approximate surface area is 126 Å². The number of likely N-dealkylation sites (N-methyl/N-ethyl adjacent to an activating group) is 1. The van der Waals surface area contributed by atoms with E-state index < -0.39 is 9.84 Å². The van der Waals surface area contributed by atoms with E-state index >= 15 is 0 Å². The number of sulfone groups is 1. The van der Waals surface area contributed by atoms with E-state index in [4.69, 9.17) is 0 Å². The van der Waals surface area contributed by atoms with E-state index in [1.807, 2.05) is 4.90 Å². The molecule has 21 heavy (non-hydrogen) atoms.